The molecule has 2 N–H and O–H groups in total. The first-order valence-electron chi connectivity index (χ1n) is 5.41. The van der Waals surface area contributed by atoms with Crippen molar-refractivity contribution < 1.29 is 4.21 Å². The van der Waals surface area contributed by atoms with Gasteiger partial charge in [-0.25, -0.2) is 4.21 Å². The van der Waals surface area contributed by atoms with E-state index < -0.39 is 10.8 Å². The largest absolute Gasteiger partial charge is 0.398 e. The summed E-state index contributed by atoms with van der Waals surface area (Å²) in [5.41, 5.74) is 7.31. The Morgan fingerprint density at radius 2 is 1.78 bits per heavy atom. The van der Waals surface area contributed by atoms with Crippen molar-refractivity contribution in [3.63, 3.8) is 0 Å². The molecule has 3 nitrogen and oxygen atoms in total. The Morgan fingerprint density at radius 3 is 2.44 bits per heavy atom. The van der Waals surface area contributed by atoms with Crippen molar-refractivity contribution in [3.05, 3.63) is 53.6 Å². The summed E-state index contributed by atoms with van der Waals surface area (Å²) in [7, 11) is -1.38. The van der Waals surface area contributed by atoms with Gasteiger partial charge in [-0.15, -0.1) is 0 Å². The fourth-order valence-electron chi connectivity index (χ4n) is 1.71. The minimum atomic E-state index is -1.38. The van der Waals surface area contributed by atoms with Crippen LogP contribution in [0.25, 0.3) is 0 Å². The van der Waals surface area contributed by atoms with E-state index in [2.05, 4.69) is 0 Å². The van der Waals surface area contributed by atoms with E-state index >= 15 is 0 Å². The molecular weight excluding hydrogens is 244 g/mol. The summed E-state index contributed by atoms with van der Waals surface area (Å²) in [6.45, 7) is 1.89. The average molecular weight is 256 g/mol. The summed E-state index contributed by atoms with van der Waals surface area (Å²) >= 11 is 0. The molecule has 0 aliphatic heterocycles. The van der Waals surface area contributed by atoms with Gasteiger partial charge in [0.25, 0.3) is 0 Å². The van der Waals surface area contributed by atoms with Crippen LogP contribution < -0.4 is 5.73 Å². The number of benzene rings is 2. The molecule has 2 rings (SSSR count). The molecule has 0 saturated carbocycles. The van der Waals surface area contributed by atoms with Crippen molar-refractivity contribution in [2.45, 2.75) is 16.7 Å². The second-order valence-corrected chi connectivity index (χ2v) is 5.28. The molecule has 90 valence electrons. The van der Waals surface area contributed by atoms with Crippen molar-refractivity contribution in [3.8, 4) is 6.07 Å². The highest BCUT2D eigenvalue weighted by molar-refractivity contribution is 7.85. The number of anilines is 1. The summed E-state index contributed by atoms with van der Waals surface area (Å²) in [5, 5.41) is 9.10. The molecule has 2 aromatic rings. The minimum absolute atomic E-state index is 0.291. The van der Waals surface area contributed by atoms with Crippen molar-refractivity contribution in [1.82, 2.24) is 0 Å². The van der Waals surface area contributed by atoms with Crippen LogP contribution in [0.1, 0.15) is 11.1 Å². The monoisotopic (exact) mass is 256 g/mol. The van der Waals surface area contributed by atoms with Gasteiger partial charge >= 0.3 is 0 Å². The van der Waals surface area contributed by atoms with Crippen LogP contribution in [-0.2, 0) is 10.8 Å². The first-order valence-corrected chi connectivity index (χ1v) is 6.56. The van der Waals surface area contributed by atoms with Crippen LogP contribution in [0.15, 0.2) is 52.3 Å². The predicted molar refractivity (Wildman–Crippen MR) is 71.4 cm³/mol. The van der Waals surface area contributed by atoms with Gasteiger partial charge < -0.3 is 5.73 Å². The minimum Gasteiger partial charge on any atom is -0.398 e. The van der Waals surface area contributed by atoms with Crippen LogP contribution in [0.2, 0.25) is 0 Å². The highest BCUT2D eigenvalue weighted by Gasteiger charge is 2.15. The Hall–Kier alpha value is -2.12. The lowest BCUT2D eigenvalue weighted by Gasteiger charge is -2.08. The quantitative estimate of drug-likeness (QED) is 0.840. The van der Waals surface area contributed by atoms with E-state index in [-0.39, 0.29) is 0 Å². The molecule has 0 saturated heterocycles. The first kappa shape index (κ1) is 12.3. The SMILES string of the molecule is Cc1ccccc1[S@](=O)c1cccc(N)c1C#N. The molecule has 1 atom stereocenters. The van der Waals surface area contributed by atoms with Crippen LogP contribution in [0.5, 0.6) is 0 Å². The lowest BCUT2D eigenvalue weighted by molar-refractivity contribution is 0.682. The maximum absolute atomic E-state index is 12.5. The lowest BCUT2D eigenvalue weighted by Crippen LogP contribution is -2.01. The van der Waals surface area contributed by atoms with Crippen molar-refractivity contribution in [2.75, 3.05) is 5.73 Å². The number of nitrogens with two attached hydrogens (primary N) is 1. The van der Waals surface area contributed by atoms with E-state index in [1.807, 2.05) is 31.2 Å². The number of hydrogen-bond donors (Lipinski definition) is 1. The standard InChI is InChI=1S/C14H12N2OS/c1-10-5-2-3-7-13(10)18(17)14-8-4-6-12(16)11(14)9-15/h2-8H,16H2,1H3/t18-/m0/s1. The first-order chi connectivity index (χ1) is 8.65. The molecular formula is C14H12N2OS. The van der Waals surface area contributed by atoms with Crippen LogP contribution in [0.4, 0.5) is 5.69 Å². The van der Waals surface area contributed by atoms with E-state index in [1.165, 1.54) is 0 Å². The van der Waals surface area contributed by atoms with Gasteiger partial charge in [0.05, 0.1) is 26.9 Å². The topological polar surface area (TPSA) is 66.9 Å². The fraction of sp³-hybridized carbons (Fsp3) is 0.0714. The average Bonchev–Trinajstić information content (AvgIpc) is 2.38. The zero-order valence-electron chi connectivity index (χ0n) is 9.88. The molecule has 0 aliphatic rings. The van der Waals surface area contributed by atoms with Gasteiger partial charge in [0.1, 0.15) is 6.07 Å². The van der Waals surface area contributed by atoms with Gasteiger partial charge in [-0.3, -0.25) is 0 Å². The van der Waals surface area contributed by atoms with Gasteiger partial charge in [0.15, 0.2) is 0 Å². The molecule has 2 aromatic carbocycles. The normalized spacial score (nSPS) is 11.8. The Kier molecular flexibility index (Phi) is 3.45. The van der Waals surface area contributed by atoms with E-state index in [1.54, 1.807) is 24.3 Å². The number of nitrogens with zero attached hydrogens (tertiary/aromatic N) is 1. The number of aryl methyl sites for hydroxylation is 1. The summed E-state index contributed by atoms with van der Waals surface area (Å²) in [5.74, 6) is 0. The number of hydrogen-bond acceptors (Lipinski definition) is 3. The van der Waals surface area contributed by atoms with E-state index in [9.17, 15) is 4.21 Å². The Morgan fingerprint density at radius 1 is 1.11 bits per heavy atom. The third-order valence-electron chi connectivity index (χ3n) is 2.66. The van der Waals surface area contributed by atoms with Crippen LogP contribution in [0.3, 0.4) is 0 Å². The zero-order chi connectivity index (χ0) is 13.1. The Bertz CT molecular complexity index is 659. The van der Waals surface area contributed by atoms with Crippen LogP contribution in [0, 0.1) is 18.3 Å². The molecule has 0 spiro atoms. The predicted octanol–water partition coefficient (Wildman–Crippen LogP) is 2.62. The molecule has 18 heavy (non-hydrogen) atoms. The van der Waals surface area contributed by atoms with Crippen molar-refractivity contribution in [2.24, 2.45) is 0 Å². The highest BCUT2D eigenvalue weighted by Crippen LogP contribution is 2.25. The molecule has 4 heteroatoms. The second-order valence-electron chi connectivity index (χ2n) is 3.87. The maximum Gasteiger partial charge on any atom is 0.103 e. The highest BCUT2D eigenvalue weighted by atomic mass is 32.2. The molecule has 0 unspecified atom stereocenters. The van der Waals surface area contributed by atoms with Crippen molar-refractivity contribution in [1.29, 1.82) is 5.26 Å². The summed E-state index contributed by atoms with van der Waals surface area (Å²) in [6.07, 6.45) is 0. The van der Waals surface area contributed by atoms with Crippen LogP contribution >= 0.6 is 0 Å². The fourth-order valence-corrected chi connectivity index (χ4v) is 3.06. The Labute approximate surface area is 108 Å². The Balaban J connectivity index is 2.58. The third kappa shape index (κ3) is 2.13. The van der Waals surface area contributed by atoms with Gasteiger partial charge in [-0.2, -0.15) is 5.26 Å². The lowest BCUT2D eigenvalue weighted by atomic mass is 10.2. The summed E-state index contributed by atoms with van der Waals surface area (Å²) in [4.78, 5) is 1.17. The molecule has 0 heterocycles. The van der Waals surface area contributed by atoms with Gasteiger partial charge in [-0.05, 0) is 30.7 Å². The number of nitrogen functional groups attached to an aromatic ring is 1. The van der Waals surface area contributed by atoms with Gasteiger partial charge in [-0.1, -0.05) is 24.3 Å². The summed E-state index contributed by atoms with van der Waals surface area (Å²) in [6, 6.07) is 14.5. The van der Waals surface area contributed by atoms with E-state index in [0.29, 0.717) is 21.0 Å². The smallest absolute Gasteiger partial charge is 0.103 e. The summed E-state index contributed by atoms with van der Waals surface area (Å²) < 4.78 is 12.5. The number of rotatable bonds is 2. The van der Waals surface area contributed by atoms with Gasteiger partial charge in [0, 0.05) is 4.90 Å². The molecule has 0 fully saturated rings. The molecule has 0 radical (unpaired) electrons. The van der Waals surface area contributed by atoms with E-state index in [0.717, 1.165) is 5.56 Å². The van der Waals surface area contributed by atoms with E-state index in [4.69, 9.17) is 11.0 Å². The molecule has 0 aliphatic carbocycles. The van der Waals surface area contributed by atoms with Crippen LogP contribution in [-0.4, -0.2) is 4.21 Å². The van der Waals surface area contributed by atoms with Gasteiger partial charge in [0.2, 0.25) is 0 Å². The van der Waals surface area contributed by atoms with Crippen molar-refractivity contribution >= 4 is 16.5 Å². The second kappa shape index (κ2) is 5.03. The molecule has 0 bridgehead atoms. The zero-order valence-corrected chi connectivity index (χ0v) is 10.7. The maximum atomic E-state index is 12.5. The third-order valence-corrected chi connectivity index (χ3v) is 4.26. The molecule has 0 amide bonds. The molecule has 0 aromatic heterocycles. The number of nitriles is 1.